The van der Waals surface area contributed by atoms with Crippen molar-refractivity contribution in [2.75, 3.05) is 19.1 Å². The van der Waals surface area contributed by atoms with Gasteiger partial charge in [-0.05, 0) is 18.4 Å². The average Bonchev–Trinajstić information content (AvgIpc) is 2.04. The zero-order valence-corrected chi connectivity index (χ0v) is 7.31. The maximum atomic E-state index is 5.48. The van der Waals surface area contributed by atoms with Crippen LogP contribution in [0.2, 0.25) is 0 Å². The maximum Gasteiger partial charge on any atom is 0.151 e. The lowest BCUT2D eigenvalue weighted by Gasteiger charge is -2.04. The van der Waals surface area contributed by atoms with Crippen LogP contribution in [0.25, 0.3) is 0 Å². The van der Waals surface area contributed by atoms with Crippen LogP contribution in [0.5, 0.6) is 5.75 Å². The Hall–Kier alpha value is -0.900. The molecule has 0 bridgehead atoms. The fourth-order valence-electron chi connectivity index (χ4n) is 0.744. The van der Waals surface area contributed by atoms with Crippen molar-refractivity contribution in [3.05, 3.63) is 12.1 Å². The third kappa shape index (κ3) is 1.77. The van der Waals surface area contributed by atoms with Crippen LogP contribution in [0.15, 0.2) is 17.2 Å². The van der Waals surface area contributed by atoms with Crippen LogP contribution in [0.1, 0.15) is 0 Å². The van der Waals surface area contributed by atoms with Crippen LogP contribution >= 0.6 is 11.8 Å². The minimum Gasteiger partial charge on any atom is -0.494 e. The Morgan fingerprint density at radius 3 is 2.82 bits per heavy atom. The molecule has 2 N–H and O–H groups in total. The maximum absolute atomic E-state index is 5.48. The van der Waals surface area contributed by atoms with E-state index in [1.165, 1.54) is 11.8 Å². The first-order chi connectivity index (χ1) is 5.27. The molecule has 0 aliphatic heterocycles. The van der Waals surface area contributed by atoms with E-state index in [2.05, 4.69) is 4.98 Å². The molecule has 0 aliphatic rings. The highest BCUT2D eigenvalue weighted by Gasteiger charge is 2.01. The molecule has 0 fully saturated rings. The highest BCUT2D eigenvalue weighted by atomic mass is 32.2. The fraction of sp³-hybridized carbons (Fsp3) is 0.286. The lowest BCUT2D eigenvalue weighted by molar-refractivity contribution is 0.401. The van der Waals surface area contributed by atoms with Crippen molar-refractivity contribution in [3.8, 4) is 5.75 Å². The number of thioether (sulfide) groups is 1. The van der Waals surface area contributed by atoms with Gasteiger partial charge in [0.2, 0.25) is 0 Å². The van der Waals surface area contributed by atoms with E-state index in [1.807, 2.05) is 12.3 Å². The van der Waals surface area contributed by atoms with Gasteiger partial charge in [-0.3, -0.25) is 0 Å². The molecule has 0 aromatic carbocycles. The Balaban J connectivity index is 3.06. The van der Waals surface area contributed by atoms with Crippen LogP contribution in [0, 0.1) is 0 Å². The SMILES string of the molecule is COc1ccc(N)nc1SC. The zero-order chi connectivity index (χ0) is 8.27. The van der Waals surface area contributed by atoms with E-state index >= 15 is 0 Å². The van der Waals surface area contributed by atoms with E-state index < -0.39 is 0 Å². The molecule has 0 amide bonds. The van der Waals surface area contributed by atoms with Crippen molar-refractivity contribution in [2.24, 2.45) is 0 Å². The number of pyridine rings is 1. The number of methoxy groups -OCH3 is 1. The first kappa shape index (κ1) is 8.20. The number of nitrogens with zero attached hydrogens (tertiary/aromatic N) is 1. The summed E-state index contributed by atoms with van der Waals surface area (Å²) in [7, 11) is 1.62. The predicted octanol–water partition coefficient (Wildman–Crippen LogP) is 1.39. The van der Waals surface area contributed by atoms with Crippen LogP contribution < -0.4 is 10.5 Å². The van der Waals surface area contributed by atoms with Gasteiger partial charge in [-0.25, -0.2) is 4.98 Å². The third-order valence-corrected chi connectivity index (χ3v) is 1.94. The summed E-state index contributed by atoms with van der Waals surface area (Å²) >= 11 is 1.52. The standard InChI is InChI=1S/C7H10N2OS/c1-10-5-3-4-6(8)9-7(5)11-2/h3-4H,1-2H3,(H2,8,9). The lowest BCUT2D eigenvalue weighted by Crippen LogP contribution is -1.93. The number of ether oxygens (including phenoxy) is 1. The van der Waals surface area contributed by atoms with Gasteiger partial charge in [-0.15, -0.1) is 11.8 Å². The Bertz CT molecular complexity index is 252. The molecule has 0 aliphatic carbocycles. The molecule has 60 valence electrons. The highest BCUT2D eigenvalue weighted by molar-refractivity contribution is 7.98. The molecule has 0 atom stereocenters. The summed E-state index contributed by atoms with van der Waals surface area (Å²) in [6, 6.07) is 3.53. The molecule has 0 radical (unpaired) electrons. The number of nitrogen functional groups attached to an aromatic ring is 1. The van der Waals surface area contributed by atoms with Gasteiger partial charge in [-0.1, -0.05) is 0 Å². The summed E-state index contributed by atoms with van der Waals surface area (Å²) in [5.74, 6) is 1.29. The van der Waals surface area contributed by atoms with E-state index in [0.29, 0.717) is 5.82 Å². The summed E-state index contributed by atoms with van der Waals surface area (Å²) in [5, 5.41) is 0.826. The molecular formula is C7H10N2OS. The third-order valence-electron chi connectivity index (χ3n) is 1.26. The van der Waals surface area contributed by atoms with E-state index in [0.717, 1.165) is 10.8 Å². The second-order valence-electron chi connectivity index (χ2n) is 1.95. The summed E-state index contributed by atoms with van der Waals surface area (Å²) < 4.78 is 5.05. The summed E-state index contributed by atoms with van der Waals surface area (Å²) in [6.45, 7) is 0. The van der Waals surface area contributed by atoms with Crippen molar-refractivity contribution in [2.45, 2.75) is 5.03 Å². The van der Waals surface area contributed by atoms with Gasteiger partial charge in [0.05, 0.1) is 7.11 Å². The smallest absolute Gasteiger partial charge is 0.151 e. The summed E-state index contributed by atoms with van der Waals surface area (Å²) in [5.41, 5.74) is 5.48. The highest BCUT2D eigenvalue weighted by Crippen LogP contribution is 2.25. The van der Waals surface area contributed by atoms with Gasteiger partial charge in [-0.2, -0.15) is 0 Å². The minimum absolute atomic E-state index is 0.523. The molecule has 0 saturated carbocycles. The monoisotopic (exact) mass is 170 g/mol. The Morgan fingerprint density at radius 2 is 2.27 bits per heavy atom. The van der Waals surface area contributed by atoms with E-state index in [-0.39, 0.29) is 0 Å². The number of rotatable bonds is 2. The molecule has 3 nitrogen and oxygen atoms in total. The van der Waals surface area contributed by atoms with Crippen molar-refractivity contribution in [1.29, 1.82) is 0 Å². The normalized spacial score (nSPS) is 9.64. The van der Waals surface area contributed by atoms with Gasteiger partial charge in [0.25, 0.3) is 0 Å². The van der Waals surface area contributed by atoms with Crippen molar-refractivity contribution in [3.63, 3.8) is 0 Å². The largest absolute Gasteiger partial charge is 0.494 e. The zero-order valence-electron chi connectivity index (χ0n) is 6.50. The molecule has 0 saturated heterocycles. The van der Waals surface area contributed by atoms with Crippen LogP contribution in [-0.2, 0) is 0 Å². The first-order valence-electron chi connectivity index (χ1n) is 3.12. The van der Waals surface area contributed by atoms with Gasteiger partial charge in [0.1, 0.15) is 10.8 Å². The van der Waals surface area contributed by atoms with Gasteiger partial charge >= 0.3 is 0 Å². The summed E-state index contributed by atoms with van der Waals surface area (Å²) in [6.07, 6.45) is 1.93. The van der Waals surface area contributed by atoms with Crippen molar-refractivity contribution >= 4 is 17.6 Å². The molecule has 1 aromatic heterocycles. The van der Waals surface area contributed by atoms with Gasteiger partial charge in [0, 0.05) is 0 Å². The predicted molar refractivity (Wildman–Crippen MR) is 47.0 cm³/mol. The second kappa shape index (κ2) is 3.48. The van der Waals surface area contributed by atoms with Crippen LogP contribution in [0.3, 0.4) is 0 Å². The average molecular weight is 170 g/mol. The molecule has 11 heavy (non-hydrogen) atoms. The molecule has 4 heteroatoms. The minimum atomic E-state index is 0.523. The molecule has 1 rings (SSSR count). The number of nitrogens with two attached hydrogens (primary N) is 1. The lowest BCUT2D eigenvalue weighted by atomic mass is 10.4. The Morgan fingerprint density at radius 1 is 1.55 bits per heavy atom. The number of hydrogen-bond acceptors (Lipinski definition) is 4. The van der Waals surface area contributed by atoms with Crippen LogP contribution in [0.4, 0.5) is 5.82 Å². The topological polar surface area (TPSA) is 48.1 Å². The van der Waals surface area contributed by atoms with E-state index in [4.69, 9.17) is 10.5 Å². The Labute approximate surface area is 70.0 Å². The molecule has 0 unspecified atom stereocenters. The van der Waals surface area contributed by atoms with Crippen molar-refractivity contribution < 1.29 is 4.74 Å². The van der Waals surface area contributed by atoms with Gasteiger partial charge in [0.15, 0.2) is 5.75 Å². The van der Waals surface area contributed by atoms with E-state index in [1.54, 1.807) is 13.2 Å². The number of hydrogen-bond donors (Lipinski definition) is 1. The first-order valence-corrected chi connectivity index (χ1v) is 4.35. The molecule has 1 aromatic rings. The molecule has 1 heterocycles. The number of anilines is 1. The van der Waals surface area contributed by atoms with Crippen molar-refractivity contribution in [1.82, 2.24) is 4.98 Å². The number of aromatic nitrogens is 1. The van der Waals surface area contributed by atoms with Crippen LogP contribution in [-0.4, -0.2) is 18.3 Å². The fourth-order valence-corrected chi connectivity index (χ4v) is 1.29. The quantitative estimate of drug-likeness (QED) is 0.681. The second-order valence-corrected chi connectivity index (χ2v) is 2.74. The van der Waals surface area contributed by atoms with E-state index in [9.17, 15) is 0 Å². The molecular weight excluding hydrogens is 160 g/mol. The van der Waals surface area contributed by atoms with Gasteiger partial charge < -0.3 is 10.5 Å². The Kier molecular flexibility index (Phi) is 2.59. The summed E-state index contributed by atoms with van der Waals surface area (Å²) in [4.78, 5) is 4.08. The molecule has 0 spiro atoms.